The van der Waals surface area contributed by atoms with Gasteiger partial charge in [-0.1, -0.05) is 19.1 Å². The number of hydrogen-bond acceptors (Lipinski definition) is 2. The number of rotatable bonds is 2. The van der Waals surface area contributed by atoms with Crippen LogP contribution in [0.5, 0.6) is 0 Å². The summed E-state index contributed by atoms with van der Waals surface area (Å²) in [5, 5.41) is 0. The van der Waals surface area contributed by atoms with Crippen molar-refractivity contribution >= 4 is 0 Å². The Bertz CT molecular complexity index is 225. The maximum atomic E-state index is 5.84. The minimum Gasteiger partial charge on any atom is -0.330 e. The normalized spacial score (nSPS) is 38.1. The van der Waals surface area contributed by atoms with Crippen LogP contribution in [0.4, 0.5) is 0 Å². The minimum absolute atomic E-state index is 0.709. The molecule has 0 saturated carbocycles. The Morgan fingerprint density at radius 1 is 1.40 bits per heavy atom. The molecule has 0 amide bonds. The highest BCUT2D eigenvalue weighted by atomic mass is 15.2. The van der Waals surface area contributed by atoms with Gasteiger partial charge >= 0.3 is 0 Å². The predicted octanol–water partition coefficient (Wildman–Crippen LogP) is 2.01. The van der Waals surface area contributed by atoms with E-state index >= 15 is 0 Å². The summed E-state index contributed by atoms with van der Waals surface area (Å²) >= 11 is 0. The van der Waals surface area contributed by atoms with Gasteiger partial charge in [-0.2, -0.15) is 0 Å². The van der Waals surface area contributed by atoms with Crippen molar-refractivity contribution in [2.24, 2.45) is 17.6 Å². The highest BCUT2D eigenvalue weighted by molar-refractivity contribution is 5.00. The summed E-state index contributed by atoms with van der Waals surface area (Å²) in [4.78, 5) is 2.65. The molecule has 2 rings (SSSR count). The Balaban J connectivity index is 1.93. The maximum absolute atomic E-state index is 5.84. The van der Waals surface area contributed by atoms with Crippen molar-refractivity contribution in [2.75, 3.05) is 19.6 Å². The zero-order valence-corrected chi connectivity index (χ0v) is 9.86. The first-order valence-electron chi connectivity index (χ1n) is 6.42. The van der Waals surface area contributed by atoms with Crippen molar-refractivity contribution in [2.45, 2.75) is 38.6 Å². The van der Waals surface area contributed by atoms with Crippen LogP contribution < -0.4 is 5.73 Å². The molecule has 2 aliphatic rings. The molecule has 0 aromatic heterocycles. The van der Waals surface area contributed by atoms with Crippen LogP contribution in [0.3, 0.4) is 0 Å². The third kappa shape index (κ3) is 2.61. The van der Waals surface area contributed by atoms with Gasteiger partial charge in [0.2, 0.25) is 0 Å². The zero-order valence-electron chi connectivity index (χ0n) is 9.86. The molecule has 3 unspecified atom stereocenters. The third-order valence-corrected chi connectivity index (χ3v) is 4.15. The molecule has 0 aromatic carbocycles. The van der Waals surface area contributed by atoms with Gasteiger partial charge < -0.3 is 5.73 Å². The molecular formula is C13H24N2. The summed E-state index contributed by atoms with van der Waals surface area (Å²) in [6.07, 6.45) is 10.1. The molecule has 0 radical (unpaired) electrons. The Kier molecular flexibility index (Phi) is 3.81. The van der Waals surface area contributed by atoms with Crippen LogP contribution >= 0.6 is 0 Å². The smallest absolute Gasteiger partial charge is 0.0278 e. The Hall–Kier alpha value is -0.340. The molecule has 0 bridgehead atoms. The predicted molar refractivity (Wildman–Crippen MR) is 64.7 cm³/mol. The number of likely N-dealkylation sites (tertiary alicyclic amines) is 1. The standard InChI is InChI=1S/C13H24N2/c1-11-7-8-15(10-12(11)9-14)13-5-3-2-4-6-13/h3,5,11-13H,2,4,6-10,14H2,1H3. The molecule has 0 aromatic rings. The summed E-state index contributed by atoms with van der Waals surface area (Å²) in [6, 6.07) is 0.709. The van der Waals surface area contributed by atoms with Gasteiger partial charge in [0.25, 0.3) is 0 Å². The van der Waals surface area contributed by atoms with Gasteiger partial charge in [0.05, 0.1) is 0 Å². The summed E-state index contributed by atoms with van der Waals surface area (Å²) in [5.41, 5.74) is 5.84. The third-order valence-electron chi connectivity index (χ3n) is 4.15. The lowest BCUT2D eigenvalue weighted by molar-refractivity contribution is 0.102. The lowest BCUT2D eigenvalue weighted by Gasteiger charge is -2.40. The van der Waals surface area contributed by atoms with Crippen LogP contribution in [-0.2, 0) is 0 Å². The van der Waals surface area contributed by atoms with E-state index in [1.54, 1.807) is 0 Å². The first-order chi connectivity index (χ1) is 7.31. The van der Waals surface area contributed by atoms with Gasteiger partial charge in [0, 0.05) is 12.6 Å². The van der Waals surface area contributed by atoms with E-state index in [0.717, 1.165) is 12.5 Å². The fourth-order valence-corrected chi connectivity index (χ4v) is 2.88. The van der Waals surface area contributed by atoms with Crippen molar-refractivity contribution in [1.82, 2.24) is 4.90 Å². The van der Waals surface area contributed by atoms with Gasteiger partial charge in [-0.05, 0) is 50.6 Å². The SMILES string of the molecule is CC1CCN(C2C=CCCC2)CC1CN. The molecule has 2 heteroatoms. The van der Waals surface area contributed by atoms with Crippen molar-refractivity contribution in [3.05, 3.63) is 12.2 Å². The van der Waals surface area contributed by atoms with Crippen molar-refractivity contribution in [3.63, 3.8) is 0 Å². The van der Waals surface area contributed by atoms with Crippen LogP contribution in [0, 0.1) is 11.8 Å². The number of nitrogens with two attached hydrogens (primary N) is 1. The number of nitrogens with zero attached hydrogens (tertiary/aromatic N) is 1. The Morgan fingerprint density at radius 3 is 2.93 bits per heavy atom. The minimum atomic E-state index is 0.709. The summed E-state index contributed by atoms with van der Waals surface area (Å²) in [5.74, 6) is 1.54. The average molecular weight is 208 g/mol. The van der Waals surface area contributed by atoms with E-state index in [-0.39, 0.29) is 0 Å². The van der Waals surface area contributed by atoms with Gasteiger partial charge in [-0.3, -0.25) is 4.90 Å². The molecule has 1 aliphatic heterocycles. The van der Waals surface area contributed by atoms with E-state index in [4.69, 9.17) is 5.73 Å². The molecule has 2 nitrogen and oxygen atoms in total. The van der Waals surface area contributed by atoms with E-state index in [2.05, 4.69) is 24.0 Å². The number of hydrogen-bond donors (Lipinski definition) is 1. The van der Waals surface area contributed by atoms with E-state index in [0.29, 0.717) is 12.0 Å². The molecule has 2 N–H and O–H groups in total. The molecule has 1 heterocycles. The van der Waals surface area contributed by atoms with E-state index < -0.39 is 0 Å². The largest absolute Gasteiger partial charge is 0.330 e. The van der Waals surface area contributed by atoms with E-state index in [1.807, 2.05) is 0 Å². The van der Waals surface area contributed by atoms with Crippen molar-refractivity contribution in [1.29, 1.82) is 0 Å². The monoisotopic (exact) mass is 208 g/mol. The Labute approximate surface area is 93.5 Å². The molecule has 86 valence electrons. The highest BCUT2D eigenvalue weighted by Gasteiger charge is 2.28. The van der Waals surface area contributed by atoms with Crippen LogP contribution in [0.15, 0.2) is 12.2 Å². The summed E-state index contributed by atoms with van der Waals surface area (Å²) in [7, 11) is 0. The molecule has 1 aliphatic carbocycles. The van der Waals surface area contributed by atoms with Crippen LogP contribution in [-0.4, -0.2) is 30.6 Å². The number of allylic oxidation sites excluding steroid dienone is 1. The molecule has 15 heavy (non-hydrogen) atoms. The van der Waals surface area contributed by atoms with Gasteiger partial charge in [0.1, 0.15) is 0 Å². The summed E-state index contributed by atoms with van der Waals surface area (Å²) < 4.78 is 0. The van der Waals surface area contributed by atoms with Crippen LogP contribution in [0.25, 0.3) is 0 Å². The van der Waals surface area contributed by atoms with Gasteiger partial charge in [-0.25, -0.2) is 0 Å². The second-order valence-electron chi connectivity index (χ2n) is 5.18. The highest BCUT2D eigenvalue weighted by Crippen LogP contribution is 2.26. The molecular weight excluding hydrogens is 184 g/mol. The zero-order chi connectivity index (χ0) is 10.7. The lowest BCUT2D eigenvalue weighted by Crippen LogP contribution is -2.47. The fraction of sp³-hybridized carbons (Fsp3) is 0.846. The van der Waals surface area contributed by atoms with Crippen LogP contribution in [0.1, 0.15) is 32.6 Å². The van der Waals surface area contributed by atoms with Crippen molar-refractivity contribution in [3.8, 4) is 0 Å². The fourth-order valence-electron chi connectivity index (χ4n) is 2.88. The molecule has 1 saturated heterocycles. The lowest BCUT2D eigenvalue weighted by atomic mass is 9.85. The molecule has 0 spiro atoms. The number of piperidine rings is 1. The summed E-state index contributed by atoms with van der Waals surface area (Å²) in [6.45, 7) is 5.69. The average Bonchev–Trinajstić information content (AvgIpc) is 2.31. The second-order valence-corrected chi connectivity index (χ2v) is 5.18. The van der Waals surface area contributed by atoms with Gasteiger partial charge in [0.15, 0.2) is 0 Å². The van der Waals surface area contributed by atoms with E-state index in [1.165, 1.54) is 38.8 Å². The van der Waals surface area contributed by atoms with E-state index in [9.17, 15) is 0 Å². The molecule has 1 fully saturated rings. The second kappa shape index (κ2) is 5.13. The Morgan fingerprint density at radius 2 is 2.27 bits per heavy atom. The maximum Gasteiger partial charge on any atom is 0.0278 e. The topological polar surface area (TPSA) is 29.3 Å². The first-order valence-corrected chi connectivity index (χ1v) is 6.42. The van der Waals surface area contributed by atoms with Crippen molar-refractivity contribution < 1.29 is 0 Å². The van der Waals surface area contributed by atoms with Crippen LogP contribution in [0.2, 0.25) is 0 Å². The molecule has 3 atom stereocenters. The van der Waals surface area contributed by atoms with Gasteiger partial charge in [-0.15, -0.1) is 0 Å². The first kappa shape index (κ1) is 11.2. The quantitative estimate of drug-likeness (QED) is 0.703.